The molecule has 0 heterocycles. The molecule has 0 spiro atoms. The number of carbonyl (C=O) groups is 1. The molecule has 0 saturated carbocycles. The average Bonchev–Trinajstić information content (AvgIpc) is 2.31. The summed E-state index contributed by atoms with van der Waals surface area (Å²) in [6.45, 7) is 0. The summed E-state index contributed by atoms with van der Waals surface area (Å²) in [5.74, 6) is -2.34. The molecule has 12 heteroatoms. The van der Waals surface area contributed by atoms with Crippen molar-refractivity contribution < 1.29 is 36.6 Å². The maximum absolute atomic E-state index is 12.8. The predicted octanol–water partition coefficient (Wildman–Crippen LogP) is 2.11. The first-order valence-corrected chi connectivity index (χ1v) is 7.60. The Hall–Kier alpha value is -1.23. The summed E-state index contributed by atoms with van der Waals surface area (Å²) in [5, 5.41) is 13.6. The third kappa shape index (κ3) is 4.38. The molecule has 124 valence electrons. The van der Waals surface area contributed by atoms with E-state index < -0.39 is 39.2 Å². The van der Waals surface area contributed by atoms with E-state index in [1.165, 1.54) is 10.8 Å². The first kappa shape index (κ1) is 18.8. The molecule has 1 rings (SSSR count). The Labute approximate surface area is 132 Å². The second-order valence-corrected chi connectivity index (χ2v) is 6.66. The Kier molecular flexibility index (Phi) is 5.55. The molecular weight excluding hydrogens is 374 g/mol. The maximum atomic E-state index is 12.8. The Morgan fingerprint density at radius 3 is 2.27 bits per heavy atom. The predicted molar refractivity (Wildman–Crippen MR) is 72.5 cm³/mol. The van der Waals surface area contributed by atoms with Crippen LogP contribution in [0, 0.1) is 0 Å². The second kappa shape index (κ2) is 6.49. The van der Waals surface area contributed by atoms with Crippen LogP contribution < -0.4 is 4.72 Å². The van der Waals surface area contributed by atoms with Crippen LogP contribution in [0.4, 0.5) is 18.9 Å². The van der Waals surface area contributed by atoms with E-state index in [4.69, 9.17) is 33.4 Å². The van der Waals surface area contributed by atoms with Crippen molar-refractivity contribution in [2.75, 3.05) is 4.72 Å². The smallest absolute Gasteiger partial charge is 0.410 e. The van der Waals surface area contributed by atoms with Crippen molar-refractivity contribution in [2.45, 2.75) is 17.5 Å². The molecule has 0 saturated heterocycles. The third-order valence-corrected chi connectivity index (χ3v) is 4.64. The summed E-state index contributed by atoms with van der Waals surface area (Å²) in [6, 6.07) is 3.31. The van der Waals surface area contributed by atoms with E-state index in [1.807, 2.05) is 0 Å². The number of aliphatic carboxylic acids is 1. The first-order valence-electron chi connectivity index (χ1n) is 5.30. The van der Waals surface area contributed by atoms with Crippen LogP contribution in [-0.4, -0.2) is 42.1 Å². The number of halogens is 5. The van der Waals surface area contributed by atoms with E-state index in [0.29, 0.717) is 0 Å². The summed E-state index contributed by atoms with van der Waals surface area (Å²) in [4.78, 5) is 10.5. The van der Waals surface area contributed by atoms with Crippen LogP contribution in [0.25, 0.3) is 0 Å². The van der Waals surface area contributed by atoms with Crippen molar-refractivity contribution in [1.29, 1.82) is 0 Å². The second-order valence-electron chi connectivity index (χ2n) is 4.02. The van der Waals surface area contributed by atoms with Crippen LogP contribution in [0.3, 0.4) is 0 Å². The highest BCUT2D eigenvalue weighted by Gasteiger charge is 2.55. The van der Waals surface area contributed by atoms with E-state index in [1.54, 1.807) is 0 Å². The van der Waals surface area contributed by atoms with Gasteiger partial charge in [-0.15, -0.1) is 0 Å². The fraction of sp³-hybridized carbons (Fsp3) is 0.300. The molecule has 1 aromatic rings. The third-order valence-electron chi connectivity index (χ3n) is 2.38. The lowest BCUT2D eigenvalue weighted by Crippen LogP contribution is -2.51. The number of benzene rings is 1. The van der Waals surface area contributed by atoms with Crippen molar-refractivity contribution in [1.82, 2.24) is 0 Å². The van der Waals surface area contributed by atoms with Gasteiger partial charge < -0.3 is 10.2 Å². The summed E-state index contributed by atoms with van der Waals surface area (Å²) < 4.78 is 63.5. The highest BCUT2D eigenvalue weighted by Crippen LogP contribution is 2.32. The molecule has 0 aliphatic heterocycles. The van der Waals surface area contributed by atoms with Gasteiger partial charge in [-0.05, 0) is 18.2 Å². The van der Waals surface area contributed by atoms with Gasteiger partial charge in [-0.3, -0.25) is 4.72 Å². The molecule has 0 aromatic heterocycles. The summed E-state index contributed by atoms with van der Waals surface area (Å²) in [7, 11) is -5.37. The number of carboxylic acid groups (broad SMARTS) is 1. The first-order chi connectivity index (χ1) is 9.86. The number of hydrogen-bond donors (Lipinski definition) is 3. The van der Waals surface area contributed by atoms with Crippen molar-refractivity contribution >= 4 is 44.9 Å². The van der Waals surface area contributed by atoms with E-state index in [-0.39, 0.29) is 10.0 Å². The number of aliphatic hydroxyl groups is 1. The summed E-state index contributed by atoms with van der Waals surface area (Å²) >= 11 is 11.2. The molecule has 0 aliphatic rings. The minimum absolute atomic E-state index is 0.0237. The van der Waals surface area contributed by atoms with E-state index in [2.05, 4.69) is 0 Å². The van der Waals surface area contributed by atoms with Crippen LogP contribution >= 0.6 is 23.2 Å². The monoisotopic (exact) mass is 381 g/mol. The molecule has 0 fully saturated rings. The fourth-order valence-corrected chi connectivity index (χ4v) is 3.25. The number of anilines is 1. The molecule has 6 nitrogen and oxygen atoms in total. The van der Waals surface area contributed by atoms with Gasteiger partial charge in [0, 0.05) is 5.02 Å². The number of hydrogen-bond acceptors (Lipinski definition) is 4. The molecule has 0 radical (unpaired) electrons. The zero-order valence-electron chi connectivity index (χ0n) is 10.3. The van der Waals surface area contributed by atoms with E-state index >= 15 is 0 Å². The summed E-state index contributed by atoms with van der Waals surface area (Å²) in [6.07, 6.45) is -8.75. The van der Waals surface area contributed by atoms with Crippen LogP contribution in [-0.2, 0) is 14.8 Å². The largest absolute Gasteiger partial charge is 0.479 e. The highest BCUT2D eigenvalue weighted by molar-refractivity contribution is 7.93. The van der Waals surface area contributed by atoms with Crippen LogP contribution in [0.1, 0.15) is 0 Å². The molecule has 22 heavy (non-hydrogen) atoms. The zero-order valence-corrected chi connectivity index (χ0v) is 12.6. The summed E-state index contributed by atoms with van der Waals surface area (Å²) in [5.41, 5.74) is -0.485. The standard InChI is InChI=1S/C10H8Cl2F3NO5S/c11-4-1-2-5(12)6(3-4)16-22(20,21)8(10(13,14)15)7(17)9(18)19/h1-3,7-8,16-17H,(H,18,19)/t7-,8-/m0/s1. The fourth-order valence-electron chi connectivity index (χ4n) is 1.45. The SMILES string of the molecule is O=C(O)[C@@H](O)[C@@H](C(F)(F)F)S(=O)(=O)Nc1cc(Cl)ccc1Cl. The molecule has 0 aliphatic carbocycles. The van der Waals surface area contributed by atoms with Crippen LogP contribution in [0.5, 0.6) is 0 Å². The van der Waals surface area contributed by atoms with Gasteiger partial charge in [0.15, 0.2) is 6.10 Å². The normalized spacial score (nSPS) is 15.2. The Bertz CT molecular complexity index is 680. The Balaban J connectivity index is 3.29. The molecule has 0 amide bonds. The van der Waals surface area contributed by atoms with Gasteiger partial charge in [0.25, 0.3) is 0 Å². The topological polar surface area (TPSA) is 104 Å². The van der Waals surface area contributed by atoms with Crippen LogP contribution in [0.15, 0.2) is 18.2 Å². The van der Waals surface area contributed by atoms with Crippen LogP contribution in [0.2, 0.25) is 10.0 Å². The molecule has 0 bridgehead atoms. The van der Waals surface area contributed by atoms with Gasteiger partial charge >= 0.3 is 12.1 Å². The lowest BCUT2D eigenvalue weighted by molar-refractivity contribution is -0.169. The average molecular weight is 382 g/mol. The van der Waals surface area contributed by atoms with Gasteiger partial charge in [-0.25, -0.2) is 13.2 Å². The number of sulfonamides is 1. The molecule has 3 N–H and O–H groups in total. The van der Waals surface area contributed by atoms with Gasteiger partial charge in [-0.2, -0.15) is 13.2 Å². The molecule has 2 atom stereocenters. The minimum atomic E-state index is -5.53. The van der Waals surface area contributed by atoms with Crippen molar-refractivity contribution in [3.63, 3.8) is 0 Å². The van der Waals surface area contributed by atoms with Crippen molar-refractivity contribution in [3.8, 4) is 0 Å². The molecule has 0 unspecified atom stereocenters. The number of carboxylic acids is 1. The van der Waals surface area contributed by atoms with E-state index in [9.17, 15) is 26.4 Å². The Morgan fingerprint density at radius 2 is 1.82 bits per heavy atom. The number of alkyl halides is 3. The lowest BCUT2D eigenvalue weighted by atomic mass is 10.2. The number of nitrogens with one attached hydrogen (secondary N) is 1. The van der Waals surface area contributed by atoms with Gasteiger partial charge in [0.2, 0.25) is 15.3 Å². The number of rotatable bonds is 5. The zero-order chi connectivity index (χ0) is 17.3. The number of aliphatic hydroxyl groups excluding tert-OH is 1. The Morgan fingerprint density at radius 1 is 1.27 bits per heavy atom. The van der Waals surface area contributed by atoms with Gasteiger partial charge in [-0.1, -0.05) is 23.2 Å². The highest BCUT2D eigenvalue weighted by atomic mass is 35.5. The van der Waals surface area contributed by atoms with Gasteiger partial charge in [0.05, 0.1) is 10.7 Å². The molecular formula is C10H8Cl2F3NO5S. The van der Waals surface area contributed by atoms with E-state index in [0.717, 1.165) is 12.1 Å². The van der Waals surface area contributed by atoms with Crippen molar-refractivity contribution in [3.05, 3.63) is 28.2 Å². The lowest BCUT2D eigenvalue weighted by Gasteiger charge is -2.23. The van der Waals surface area contributed by atoms with Gasteiger partial charge in [0.1, 0.15) is 0 Å². The quantitative estimate of drug-likeness (QED) is 0.724. The maximum Gasteiger partial charge on any atom is 0.410 e. The molecule has 1 aromatic carbocycles. The van der Waals surface area contributed by atoms with Crippen molar-refractivity contribution in [2.24, 2.45) is 0 Å². The minimum Gasteiger partial charge on any atom is -0.479 e.